The smallest absolute Gasteiger partial charge is 0.235 e. The molecular formula is C42H23N3O. The Bertz CT molecular complexity index is 2930. The maximum atomic E-state index is 6.51. The van der Waals surface area contributed by atoms with Gasteiger partial charge in [-0.15, -0.1) is 0 Å². The quantitative estimate of drug-likeness (QED) is 0.203. The third kappa shape index (κ3) is 3.03. The van der Waals surface area contributed by atoms with Crippen LogP contribution in [0, 0.1) is 0 Å². The average Bonchev–Trinajstić information content (AvgIpc) is 3.77. The molecule has 3 heterocycles. The lowest BCUT2D eigenvalue weighted by atomic mass is 9.99. The zero-order valence-electron chi connectivity index (χ0n) is 24.5. The molecule has 0 radical (unpaired) electrons. The van der Waals surface area contributed by atoms with E-state index in [1.165, 1.54) is 43.8 Å². The zero-order chi connectivity index (χ0) is 29.9. The number of hydrogen-bond donors (Lipinski definition) is 0. The summed E-state index contributed by atoms with van der Waals surface area (Å²) in [4.78, 5) is 10.7. The van der Waals surface area contributed by atoms with Gasteiger partial charge in [-0.25, -0.2) is 9.97 Å². The van der Waals surface area contributed by atoms with Gasteiger partial charge in [-0.05, 0) is 58.0 Å². The van der Waals surface area contributed by atoms with E-state index >= 15 is 0 Å². The zero-order valence-corrected chi connectivity index (χ0v) is 24.5. The fraction of sp³-hybridized carbons (Fsp3) is 0. The molecule has 7 aromatic carbocycles. The van der Waals surface area contributed by atoms with Crippen LogP contribution in [0.2, 0.25) is 0 Å². The van der Waals surface area contributed by atoms with Crippen LogP contribution in [-0.2, 0) is 0 Å². The van der Waals surface area contributed by atoms with Gasteiger partial charge in [0.25, 0.3) is 0 Å². The Kier molecular flexibility index (Phi) is 4.55. The minimum Gasteiger partial charge on any atom is -0.455 e. The van der Waals surface area contributed by atoms with Crippen molar-refractivity contribution in [2.24, 2.45) is 0 Å². The van der Waals surface area contributed by atoms with Gasteiger partial charge < -0.3 is 4.42 Å². The van der Waals surface area contributed by atoms with Gasteiger partial charge in [-0.2, -0.15) is 0 Å². The summed E-state index contributed by atoms with van der Waals surface area (Å²) in [5, 5.41) is 8.04. The summed E-state index contributed by atoms with van der Waals surface area (Å²) in [5.74, 6) is 0.643. The van der Waals surface area contributed by atoms with Crippen molar-refractivity contribution in [2.75, 3.05) is 0 Å². The number of benzene rings is 7. The van der Waals surface area contributed by atoms with E-state index < -0.39 is 0 Å². The fourth-order valence-corrected chi connectivity index (χ4v) is 7.83. The molecule has 0 saturated heterocycles. The summed E-state index contributed by atoms with van der Waals surface area (Å²) >= 11 is 0. The van der Waals surface area contributed by atoms with Gasteiger partial charge in [0.15, 0.2) is 0 Å². The van der Waals surface area contributed by atoms with Crippen molar-refractivity contribution in [2.45, 2.75) is 0 Å². The van der Waals surface area contributed by atoms with Gasteiger partial charge in [0, 0.05) is 37.9 Å². The lowest BCUT2D eigenvalue weighted by molar-refractivity contribution is 0.670. The van der Waals surface area contributed by atoms with E-state index in [1.54, 1.807) is 0 Å². The highest BCUT2D eigenvalue weighted by Gasteiger charge is 2.26. The van der Waals surface area contributed by atoms with E-state index in [2.05, 4.69) is 126 Å². The minimum atomic E-state index is 0.643. The third-order valence-electron chi connectivity index (χ3n) is 9.75. The lowest BCUT2D eigenvalue weighted by Crippen LogP contribution is -2.04. The normalized spacial score (nSPS) is 12.3. The molecule has 11 rings (SSSR count). The molecule has 0 aliphatic heterocycles. The maximum Gasteiger partial charge on any atom is 0.235 e. The van der Waals surface area contributed by atoms with Crippen LogP contribution in [0.4, 0.5) is 0 Å². The van der Waals surface area contributed by atoms with E-state index in [9.17, 15) is 0 Å². The highest BCUT2D eigenvalue weighted by atomic mass is 16.3. The second kappa shape index (κ2) is 8.68. The summed E-state index contributed by atoms with van der Waals surface area (Å²) in [6.07, 6.45) is 0. The first kappa shape index (κ1) is 24.1. The first-order chi connectivity index (χ1) is 22.8. The average molecular weight is 586 g/mol. The van der Waals surface area contributed by atoms with Gasteiger partial charge in [0.1, 0.15) is 11.2 Å². The first-order valence-electron chi connectivity index (χ1n) is 15.6. The largest absolute Gasteiger partial charge is 0.455 e. The van der Waals surface area contributed by atoms with Crippen molar-refractivity contribution in [1.29, 1.82) is 0 Å². The van der Waals surface area contributed by atoms with E-state index in [0.29, 0.717) is 5.95 Å². The molecule has 46 heavy (non-hydrogen) atoms. The van der Waals surface area contributed by atoms with Gasteiger partial charge in [-0.3, -0.25) is 4.57 Å². The Morgan fingerprint density at radius 3 is 2.00 bits per heavy atom. The topological polar surface area (TPSA) is 43.9 Å². The maximum absolute atomic E-state index is 6.51. The Balaban J connectivity index is 1.29. The van der Waals surface area contributed by atoms with Gasteiger partial charge in [-0.1, -0.05) is 109 Å². The second-order valence-electron chi connectivity index (χ2n) is 12.1. The van der Waals surface area contributed by atoms with E-state index in [0.717, 1.165) is 55.1 Å². The molecule has 0 atom stereocenters. The number of furan rings is 1. The minimum absolute atomic E-state index is 0.643. The lowest BCUT2D eigenvalue weighted by Gasteiger charge is -2.13. The van der Waals surface area contributed by atoms with Crippen molar-refractivity contribution in [3.8, 4) is 39.5 Å². The molecule has 10 aromatic rings. The molecule has 0 N–H and O–H groups in total. The summed E-state index contributed by atoms with van der Waals surface area (Å²) < 4.78 is 8.78. The highest BCUT2D eigenvalue weighted by molar-refractivity contribution is 6.27. The van der Waals surface area contributed by atoms with E-state index in [-0.39, 0.29) is 0 Å². The van der Waals surface area contributed by atoms with Crippen molar-refractivity contribution in [3.05, 3.63) is 140 Å². The molecule has 0 unspecified atom stereocenters. The van der Waals surface area contributed by atoms with Crippen molar-refractivity contribution in [1.82, 2.24) is 14.5 Å². The van der Waals surface area contributed by atoms with Crippen LogP contribution in [0.5, 0.6) is 0 Å². The number of rotatable bonds is 2. The van der Waals surface area contributed by atoms with Crippen LogP contribution in [0.3, 0.4) is 0 Å². The number of fused-ring (bicyclic) bond motifs is 11. The molecular weight excluding hydrogens is 562 g/mol. The Hall–Kier alpha value is -6.26. The number of aromatic nitrogens is 3. The molecule has 1 aliphatic carbocycles. The SMILES string of the molecule is c1ccc2c(c1)-c1cccc3c1c-2cc1c2ccccc2n(-c2nc(-c4cccc5c4oc4ccccc45)c4ccccc4n2)c31. The van der Waals surface area contributed by atoms with Crippen LogP contribution in [-0.4, -0.2) is 14.5 Å². The van der Waals surface area contributed by atoms with E-state index in [1.807, 2.05) is 18.2 Å². The van der Waals surface area contributed by atoms with Gasteiger partial charge >= 0.3 is 0 Å². The number of nitrogens with zero attached hydrogens (tertiary/aromatic N) is 3. The second-order valence-corrected chi connectivity index (χ2v) is 12.1. The van der Waals surface area contributed by atoms with Crippen LogP contribution < -0.4 is 0 Å². The van der Waals surface area contributed by atoms with Crippen LogP contribution in [0.1, 0.15) is 0 Å². The van der Waals surface area contributed by atoms with Crippen molar-refractivity contribution < 1.29 is 4.42 Å². The molecule has 3 aromatic heterocycles. The molecule has 0 bridgehead atoms. The number of para-hydroxylation sites is 4. The Morgan fingerprint density at radius 2 is 1.11 bits per heavy atom. The first-order valence-corrected chi connectivity index (χ1v) is 15.6. The highest BCUT2D eigenvalue weighted by Crippen LogP contribution is 2.51. The van der Waals surface area contributed by atoms with E-state index in [4.69, 9.17) is 14.4 Å². The molecule has 0 fully saturated rings. The van der Waals surface area contributed by atoms with Crippen molar-refractivity contribution in [3.63, 3.8) is 0 Å². The monoisotopic (exact) mass is 585 g/mol. The van der Waals surface area contributed by atoms with Crippen LogP contribution in [0.25, 0.3) is 105 Å². The number of hydrogen-bond acceptors (Lipinski definition) is 3. The molecule has 1 aliphatic rings. The predicted octanol–water partition coefficient (Wildman–Crippen LogP) is 11.1. The van der Waals surface area contributed by atoms with Gasteiger partial charge in [0.2, 0.25) is 5.95 Å². The van der Waals surface area contributed by atoms with Gasteiger partial charge in [0.05, 0.1) is 22.2 Å². The molecule has 0 amide bonds. The Morgan fingerprint density at radius 1 is 0.457 bits per heavy atom. The fourth-order valence-electron chi connectivity index (χ4n) is 7.83. The summed E-state index contributed by atoms with van der Waals surface area (Å²) in [6, 6.07) is 49.3. The predicted molar refractivity (Wildman–Crippen MR) is 189 cm³/mol. The van der Waals surface area contributed by atoms with Crippen LogP contribution in [0.15, 0.2) is 144 Å². The van der Waals surface area contributed by atoms with Crippen molar-refractivity contribution >= 4 is 65.4 Å². The summed E-state index contributed by atoms with van der Waals surface area (Å²) in [7, 11) is 0. The third-order valence-corrected chi connectivity index (χ3v) is 9.75. The summed E-state index contributed by atoms with van der Waals surface area (Å²) in [6.45, 7) is 0. The standard InChI is InChI=1S/C42H23N3O/c1-2-12-25-24(11-1)28-16-9-18-31-38(28)33(25)23-34-26-13-4-7-21-36(26)45(40(31)34)42-43-35-20-6-3-15-30(35)39(44-42)32-19-10-17-29-27-14-5-8-22-37(27)46-41(29)32/h1-23H. The summed E-state index contributed by atoms with van der Waals surface area (Å²) in [5.41, 5.74) is 11.7. The Labute approximate surface area is 262 Å². The molecule has 4 heteroatoms. The molecule has 4 nitrogen and oxygen atoms in total. The molecule has 212 valence electrons. The molecule has 0 saturated carbocycles. The van der Waals surface area contributed by atoms with Crippen LogP contribution >= 0.6 is 0 Å². The molecule has 0 spiro atoms.